The van der Waals surface area contributed by atoms with Crippen LogP contribution in [-0.2, 0) is 5.11 Å². The van der Waals surface area contributed by atoms with E-state index in [-0.39, 0.29) is 11.5 Å². The molecule has 2 N–H and O–H groups in total. The summed E-state index contributed by atoms with van der Waals surface area (Å²) in [6.45, 7) is 2.28. The SMILES string of the molecule is CCNC(=O)c1c[nH]nc1[O]. The van der Waals surface area contributed by atoms with Gasteiger partial charge in [0.1, 0.15) is 5.56 Å². The number of nitrogens with zero attached hydrogens (tertiary/aromatic N) is 1. The fraction of sp³-hybridized carbons (Fsp3) is 0.333. The highest BCUT2D eigenvalue weighted by Crippen LogP contribution is 2.10. The summed E-state index contributed by atoms with van der Waals surface area (Å²) in [7, 11) is 0. The van der Waals surface area contributed by atoms with Crippen molar-refractivity contribution in [2.75, 3.05) is 6.54 Å². The minimum atomic E-state index is -0.518. The van der Waals surface area contributed by atoms with Crippen molar-refractivity contribution < 1.29 is 9.90 Å². The Hall–Kier alpha value is -1.52. The first kappa shape index (κ1) is 7.59. The van der Waals surface area contributed by atoms with E-state index in [4.69, 9.17) is 0 Å². The zero-order valence-corrected chi connectivity index (χ0v) is 6.05. The Morgan fingerprint density at radius 3 is 3.00 bits per heavy atom. The quantitative estimate of drug-likeness (QED) is 0.642. The van der Waals surface area contributed by atoms with Gasteiger partial charge in [0.05, 0.1) is 0 Å². The zero-order chi connectivity index (χ0) is 8.27. The van der Waals surface area contributed by atoms with Crippen molar-refractivity contribution in [1.82, 2.24) is 15.5 Å². The predicted octanol–water partition coefficient (Wildman–Crippen LogP) is 0.303. The third-order valence-corrected chi connectivity index (χ3v) is 1.19. The van der Waals surface area contributed by atoms with Gasteiger partial charge >= 0.3 is 5.88 Å². The molecule has 0 fully saturated rings. The summed E-state index contributed by atoms with van der Waals surface area (Å²) in [6, 6.07) is 0. The second-order valence-corrected chi connectivity index (χ2v) is 1.96. The van der Waals surface area contributed by atoms with Gasteiger partial charge < -0.3 is 5.32 Å². The van der Waals surface area contributed by atoms with Crippen LogP contribution in [-0.4, -0.2) is 22.6 Å². The summed E-state index contributed by atoms with van der Waals surface area (Å²) in [4.78, 5) is 11.0. The molecule has 0 aliphatic heterocycles. The highest BCUT2D eigenvalue weighted by Gasteiger charge is 2.12. The van der Waals surface area contributed by atoms with Gasteiger partial charge in [0, 0.05) is 12.7 Å². The minimum Gasteiger partial charge on any atom is -0.352 e. The van der Waals surface area contributed by atoms with Gasteiger partial charge in [-0.3, -0.25) is 15.0 Å². The number of carbonyl (C=O) groups excluding carboxylic acids is 1. The molecule has 0 saturated carbocycles. The summed E-state index contributed by atoms with van der Waals surface area (Å²) in [6.07, 6.45) is 1.29. The average molecular weight is 154 g/mol. The third kappa shape index (κ3) is 1.49. The lowest BCUT2D eigenvalue weighted by Gasteiger charge is -1.95. The highest BCUT2D eigenvalue weighted by atomic mass is 16.3. The number of amides is 1. The second-order valence-electron chi connectivity index (χ2n) is 1.96. The Morgan fingerprint density at radius 1 is 1.82 bits per heavy atom. The predicted molar refractivity (Wildman–Crippen MR) is 36.7 cm³/mol. The number of aromatic nitrogens is 2. The summed E-state index contributed by atoms with van der Waals surface area (Å²) >= 11 is 0. The van der Waals surface area contributed by atoms with E-state index in [1.165, 1.54) is 6.20 Å². The van der Waals surface area contributed by atoms with Crippen molar-refractivity contribution >= 4 is 5.91 Å². The van der Waals surface area contributed by atoms with Gasteiger partial charge in [0.15, 0.2) is 0 Å². The Morgan fingerprint density at radius 2 is 2.55 bits per heavy atom. The van der Waals surface area contributed by atoms with Crippen LogP contribution in [0.25, 0.3) is 0 Å². The van der Waals surface area contributed by atoms with E-state index >= 15 is 0 Å². The molecule has 1 aromatic rings. The molecule has 1 heterocycles. The largest absolute Gasteiger partial charge is 0.352 e. The van der Waals surface area contributed by atoms with Gasteiger partial charge in [-0.1, -0.05) is 0 Å². The fourth-order valence-electron chi connectivity index (χ4n) is 0.696. The van der Waals surface area contributed by atoms with Crippen LogP contribution in [0.4, 0.5) is 0 Å². The van der Waals surface area contributed by atoms with Crippen LogP contribution in [0, 0.1) is 0 Å². The molecule has 0 atom stereocenters. The molecule has 0 unspecified atom stereocenters. The molecule has 11 heavy (non-hydrogen) atoms. The molecule has 0 saturated heterocycles. The monoisotopic (exact) mass is 154 g/mol. The summed E-state index contributed by atoms with van der Waals surface area (Å²) in [5, 5.41) is 18.8. The molecule has 0 aliphatic carbocycles. The molecule has 1 amide bonds. The van der Waals surface area contributed by atoms with Gasteiger partial charge in [-0.15, -0.1) is 5.10 Å². The smallest absolute Gasteiger partial charge is 0.300 e. The Kier molecular flexibility index (Phi) is 2.10. The van der Waals surface area contributed by atoms with Crippen LogP contribution in [0.5, 0.6) is 5.88 Å². The normalized spacial score (nSPS) is 9.55. The fourth-order valence-corrected chi connectivity index (χ4v) is 0.696. The number of aromatic amines is 1. The lowest BCUT2D eigenvalue weighted by atomic mass is 10.3. The van der Waals surface area contributed by atoms with Crippen LogP contribution in [0.15, 0.2) is 6.20 Å². The minimum absolute atomic E-state index is 0.0619. The molecule has 5 heteroatoms. The molecule has 1 aromatic heterocycles. The van der Waals surface area contributed by atoms with E-state index in [9.17, 15) is 9.90 Å². The van der Waals surface area contributed by atoms with Crippen LogP contribution in [0.3, 0.4) is 0 Å². The topological polar surface area (TPSA) is 77.7 Å². The summed E-state index contributed by atoms with van der Waals surface area (Å²) in [5.41, 5.74) is 0.0619. The van der Waals surface area contributed by atoms with Gasteiger partial charge in [-0.2, -0.15) is 0 Å². The van der Waals surface area contributed by atoms with Crippen LogP contribution >= 0.6 is 0 Å². The zero-order valence-electron chi connectivity index (χ0n) is 6.05. The first-order chi connectivity index (χ1) is 5.25. The van der Waals surface area contributed by atoms with Crippen molar-refractivity contribution in [3.05, 3.63) is 11.8 Å². The van der Waals surface area contributed by atoms with Gasteiger partial charge in [-0.05, 0) is 6.92 Å². The first-order valence-electron chi connectivity index (χ1n) is 3.24. The molecular weight excluding hydrogens is 146 g/mol. The van der Waals surface area contributed by atoms with E-state index < -0.39 is 5.88 Å². The van der Waals surface area contributed by atoms with E-state index in [0.717, 1.165) is 0 Å². The number of nitrogens with one attached hydrogen (secondary N) is 2. The standard InChI is InChI=1S/C6H8N3O2/c1-2-7-5(10)4-3-8-9-6(4)11/h3H,2H2,1H3,(H,7,10)(H,8,9). The van der Waals surface area contributed by atoms with Crippen molar-refractivity contribution in [2.45, 2.75) is 6.92 Å². The lowest BCUT2D eigenvalue weighted by Crippen LogP contribution is -2.22. The lowest BCUT2D eigenvalue weighted by molar-refractivity contribution is 0.0951. The van der Waals surface area contributed by atoms with Crippen LogP contribution in [0.1, 0.15) is 17.3 Å². The Labute approximate surface area is 63.4 Å². The molecule has 0 spiro atoms. The molecule has 0 bridgehead atoms. The molecule has 5 nitrogen and oxygen atoms in total. The average Bonchev–Trinajstić information content (AvgIpc) is 2.36. The summed E-state index contributed by atoms with van der Waals surface area (Å²) < 4.78 is 0. The number of hydrogen-bond donors (Lipinski definition) is 2. The van der Waals surface area contributed by atoms with Crippen molar-refractivity contribution in [1.29, 1.82) is 0 Å². The second kappa shape index (κ2) is 3.05. The third-order valence-electron chi connectivity index (χ3n) is 1.19. The Balaban J connectivity index is 2.76. The molecule has 59 valence electrons. The molecular formula is C6H8N3O2. The van der Waals surface area contributed by atoms with Crippen molar-refractivity contribution in [3.8, 4) is 5.88 Å². The number of H-pyrrole nitrogens is 1. The van der Waals surface area contributed by atoms with E-state index in [0.29, 0.717) is 6.54 Å². The first-order valence-corrected chi connectivity index (χ1v) is 3.24. The van der Waals surface area contributed by atoms with Gasteiger partial charge in [0.2, 0.25) is 0 Å². The molecule has 1 rings (SSSR count). The molecule has 1 radical (unpaired) electrons. The van der Waals surface area contributed by atoms with Gasteiger partial charge in [0.25, 0.3) is 5.91 Å². The van der Waals surface area contributed by atoms with Crippen molar-refractivity contribution in [3.63, 3.8) is 0 Å². The molecule has 0 aliphatic rings. The highest BCUT2D eigenvalue weighted by molar-refractivity contribution is 5.95. The molecule has 0 aromatic carbocycles. The Bertz CT molecular complexity index is 256. The van der Waals surface area contributed by atoms with Crippen LogP contribution in [0.2, 0.25) is 0 Å². The number of rotatable bonds is 2. The van der Waals surface area contributed by atoms with Crippen LogP contribution < -0.4 is 5.32 Å². The maximum absolute atomic E-state index is 11.0. The number of carbonyl (C=O) groups is 1. The maximum Gasteiger partial charge on any atom is 0.300 e. The number of hydrogen-bond acceptors (Lipinski definition) is 2. The van der Waals surface area contributed by atoms with E-state index in [2.05, 4.69) is 15.5 Å². The van der Waals surface area contributed by atoms with E-state index in [1.807, 2.05) is 0 Å². The van der Waals surface area contributed by atoms with Gasteiger partial charge in [-0.25, -0.2) is 0 Å². The maximum atomic E-state index is 11.0. The van der Waals surface area contributed by atoms with Crippen molar-refractivity contribution in [2.24, 2.45) is 0 Å². The summed E-state index contributed by atoms with van der Waals surface area (Å²) in [5.74, 6) is -0.901. The van der Waals surface area contributed by atoms with E-state index in [1.54, 1.807) is 6.92 Å².